The highest BCUT2D eigenvalue weighted by Gasteiger charge is 2.41. The zero-order chi connectivity index (χ0) is 25.1. The van der Waals surface area contributed by atoms with Gasteiger partial charge in [-0.25, -0.2) is 9.78 Å². The van der Waals surface area contributed by atoms with Gasteiger partial charge in [0.15, 0.2) is 0 Å². The van der Waals surface area contributed by atoms with Gasteiger partial charge in [0.1, 0.15) is 12.4 Å². The van der Waals surface area contributed by atoms with E-state index in [1.165, 1.54) is 11.1 Å². The summed E-state index contributed by atoms with van der Waals surface area (Å²) in [6, 6.07) is 9.06. The third kappa shape index (κ3) is 4.79. The van der Waals surface area contributed by atoms with E-state index in [0.29, 0.717) is 18.3 Å². The number of cyclic esters (lactones) is 1. The second kappa shape index (κ2) is 10.7. The molecule has 1 amide bonds. The van der Waals surface area contributed by atoms with Crippen molar-refractivity contribution in [3.8, 4) is 0 Å². The molecule has 0 spiro atoms. The van der Waals surface area contributed by atoms with E-state index < -0.39 is 0 Å². The third-order valence-electron chi connectivity index (χ3n) is 8.02. The van der Waals surface area contributed by atoms with Crippen LogP contribution in [0.5, 0.6) is 0 Å². The topological polar surface area (TPSA) is 83.1 Å². The molecule has 0 radical (unpaired) electrons. The first-order valence-electron chi connectivity index (χ1n) is 13.3. The molecule has 0 saturated carbocycles. The van der Waals surface area contributed by atoms with E-state index in [1.807, 2.05) is 6.92 Å². The first-order chi connectivity index (χ1) is 17.5. The number of nitrogens with zero attached hydrogens (tertiary/aromatic N) is 5. The number of likely N-dealkylation sites (N-methyl/N-ethyl adjacent to an activating group) is 1. The van der Waals surface area contributed by atoms with Gasteiger partial charge in [0.05, 0.1) is 17.1 Å². The maximum atomic E-state index is 12.1. The highest BCUT2D eigenvalue weighted by Crippen LogP contribution is 2.39. The van der Waals surface area contributed by atoms with Gasteiger partial charge < -0.3 is 19.7 Å². The van der Waals surface area contributed by atoms with Crippen LogP contribution in [0.3, 0.4) is 0 Å². The molecule has 36 heavy (non-hydrogen) atoms. The molecule has 9 heteroatoms. The predicted octanol–water partition coefficient (Wildman–Crippen LogP) is 3.77. The number of carbonyl (C=O) groups excluding carboxylic acids is 1. The second-order valence-electron chi connectivity index (χ2n) is 9.89. The van der Waals surface area contributed by atoms with Gasteiger partial charge in [-0.05, 0) is 44.4 Å². The van der Waals surface area contributed by atoms with Crippen molar-refractivity contribution in [3.63, 3.8) is 0 Å². The smallest absolute Gasteiger partial charge is 0.415 e. The third-order valence-corrected chi connectivity index (χ3v) is 8.02. The van der Waals surface area contributed by atoms with Crippen LogP contribution in [-0.4, -0.2) is 78.3 Å². The maximum absolute atomic E-state index is 12.1. The van der Waals surface area contributed by atoms with Crippen LogP contribution in [0.15, 0.2) is 30.5 Å². The largest absolute Gasteiger partial charge is 0.444 e. The van der Waals surface area contributed by atoms with Crippen LogP contribution in [0, 0.1) is 0 Å². The first kappa shape index (κ1) is 24.9. The van der Waals surface area contributed by atoms with E-state index in [-0.39, 0.29) is 24.3 Å². The minimum atomic E-state index is -0.364. The summed E-state index contributed by atoms with van der Waals surface area (Å²) in [6.45, 7) is 14.2. The lowest BCUT2D eigenvalue weighted by molar-refractivity contribution is -0.0504. The molecule has 0 bridgehead atoms. The summed E-state index contributed by atoms with van der Waals surface area (Å²) < 4.78 is 11.0. The summed E-state index contributed by atoms with van der Waals surface area (Å²) in [4.78, 5) is 28.0. The summed E-state index contributed by atoms with van der Waals surface area (Å²) in [5, 5.41) is 3.41. The minimum absolute atomic E-state index is 0.0152. The number of aromatic nitrogens is 2. The summed E-state index contributed by atoms with van der Waals surface area (Å²) >= 11 is 0. The number of ether oxygens (including phenoxy) is 2. The molecule has 3 aliphatic rings. The molecular weight excluding hydrogens is 456 g/mol. The molecule has 5 rings (SSSR count). The SMILES string of the molecule is CCN1CCN(C2(c3ccc([C@H](C)Nc4ncc5c(n4)N(CC)C(=O)OC5)cc3)CCOCC2)CC1. The van der Waals surface area contributed by atoms with Crippen molar-refractivity contribution in [3.05, 3.63) is 47.2 Å². The van der Waals surface area contributed by atoms with Gasteiger partial charge in [-0.1, -0.05) is 31.2 Å². The number of piperazine rings is 1. The normalized spacial score (nSPS) is 21.5. The Kier molecular flexibility index (Phi) is 7.41. The van der Waals surface area contributed by atoms with Crippen LogP contribution in [0.2, 0.25) is 0 Å². The number of nitrogens with one attached hydrogen (secondary N) is 1. The Bertz CT molecular complexity index is 1050. The number of rotatable bonds is 7. The molecule has 1 aromatic carbocycles. The van der Waals surface area contributed by atoms with Gasteiger partial charge in [-0.2, -0.15) is 4.98 Å². The van der Waals surface area contributed by atoms with Crippen LogP contribution in [-0.2, 0) is 21.6 Å². The molecule has 194 valence electrons. The van der Waals surface area contributed by atoms with Crippen molar-refractivity contribution in [1.82, 2.24) is 19.8 Å². The van der Waals surface area contributed by atoms with Gasteiger partial charge in [-0.15, -0.1) is 0 Å². The fourth-order valence-corrected chi connectivity index (χ4v) is 5.73. The molecule has 1 N–H and O–H groups in total. The highest BCUT2D eigenvalue weighted by atomic mass is 16.6. The van der Waals surface area contributed by atoms with Gasteiger partial charge in [0, 0.05) is 52.1 Å². The lowest BCUT2D eigenvalue weighted by Crippen LogP contribution is -2.57. The Morgan fingerprint density at radius 3 is 2.44 bits per heavy atom. The molecule has 2 saturated heterocycles. The first-order valence-corrected chi connectivity index (χ1v) is 13.3. The summed E-state index contributed by atoms with van der Waals surface area (Å²) in [6.07, 6.45) is 3.44. The molecule has 3 aliphatic heterocycles. The van der Waals surface area contributed by atoms with E-state index in [1.54, 1.807) is 11.1 Å². The zero-order valence-electron chi connectivity index (χ0n) is 21.7. The van der Waals surface area contributed by atoms with Crippen molar-refractivity contribution in [2.45, 2.75) is 51.8 Å². The molecule has 1 aromatic heterocycles. The molecular formula is C27H38N6O3. The van der Waals surface area contributed by atoms with E-state index in [4.69, 9.17) is 9.47 Å². The lowest BCUT2D eigenvalue weighted by atomic mass is 9.80. The Morgan fingerprint density at radius 2 is 1.78 bits per heavy atom. The molecule has 2 fully saturated rings. The van der Waals surface area contributed by atoms with Crippen molar-refractivity contribution < 1.29 is 14.3 Å². The van der Waals surface area contributed by atoms with Gasteiger partial charge >= 0.3 is 6.09 Å². The quantitative estimate of drug-likeness (QED) is 0.623. The predicted molar refractivity (Wildman–Crippen MR) is 139 cm³/mol. The van der Waals surface area contributed by atoms with Crippen LogP contribution in [0.4, 0.5) is 16.6 Å². The minimum Gasteiger partial charge on any atom is -0.444 e. The number of anilines is 2. The zero-order valence-corrected chi connectivity index (χ0v) is 21.7. The van der Waals surface area contributed by atoms with E-state index in [9.17, 15) is 4.79 Å². The van der Waals surface area contributed by atoms with Crippen LogP contribution in [0.1, 0.15) is 56.3 Å². The Balaban J connectivity index is 1.32. The second-order valence-corrected chi connectivity index (χ2v) is 9.89. The molecule has 0 aliphatic carbocycles. The van der Waals surface area contributed by atoms with Gasteiger partial charge in [0.2, 0.25) is 5.95 Å². The number of amides is 1. The van der Waals surface area contributed by atoms with Crippen molar-refractivity contribution in [2.24, 2.45) is 0 Å². The number of hydrogen-bond acceptors (Lipinski definition) is 8. The Morgan fingerprint density at radius 1 is 1.06 bits per heavy atom. The summed E-state index contributed by atoms with van der Waals surface area (Å²) in [5.74, 6) is 1.13. The van der Waals surface area contributed by atoms with E-state index >= 15 is 0 Å². The van der Waals surface area contributed by atoms with Crippen molar-refractivity contribution >= 4 is 17.9 Å². The molecule has 9 nitrogen and oxygen atoms in total. The molecule has 0 unspecified atom stereocenters. The number of hydrogen-bond donors (Lipinski definition) is 1. The highest BCUT2D eigenvalue weighted by molar-refractivity contribution is 5.89. The number of benzene rings is 1. The molecule has 4 heterocycles. The maximum Gasteiger partial charge on any atom is 0.415 e. The van der Waals surface area contributed by atoms with E-state index in [0.717, 1.165) is 64.3 Å². The Labute approximate surface area is 213 Å². The molecule has 1 atom stereocenters. The average Bonchev–Trinajstić information content (AvgIpc) is 2.93. The summed E-state index contributed by atoms with van der Waals surface area (Å²) in [5.41, 5.74) is 3.42. The van der Waals surface area contributed by atoms with Gasteiger partial charge in [0.25, 0.3) is 0 Å². The number of fused-ring (bicyclic) bond motifs is 1. The van der Waals surface area contributed by atoms with Crippen molar-refractivity contribution in [2.75, 3.05) is 62.7 Å². The van der Waals surface area contributed by atoms with Crippen LogP contribution in [0.25, 0.3) is 0 Å². The average molecular weight is 495 g/mol. The van der Waals surface area contributed by atoms with Gasteiger partial charge in [-0.3, -0.25) is 9.80 Å². The van der Waals surface area contributed by atoms with Crippen LogP contribution >= 0.6 is 0 Å². The Hall–Kier alpha value is -2.75. The number of carbonyl (C=O) groups is 1. The fourth-order valence-electron chi connectivity index (χ4n) is 5.73. The lowest BCUT2D eigenvalue weighted by Gasteiger charge is -2.50. The van der Waals surface area contributed by atoms with E-state index in [2.05, 4.69) is 63.2 Å². The molecule has 2 aromatic rings. The van der Waals surface area contributed by atoms with Crippen LogP contribution < -0.4 is 10.2 Å². The summed E-state index contributed by atoms with van der Waals surface area (Å²) in [7, 11) is 0. The monoisotopic (exact) mass is 494 g/mol. The fraction of sp³-hybridized carbons (Fsp3) is 0.593. The van der Waals surface area contributed by atoms with Crippen molar-refractivity contribution in [1.29, 1.82) is 0 Å². The standard InChI is InChI=1S/C27H38N6O3/c1-4-31-12-14-32(15-13-31)27(10-16-35-17-11-27)23-8-6-21(7-9-23)20(3)29-25-28-18-22-19-36-26(34)33(5-2)24(22)30-25/h6-9,18,20H,4-5,10-17,19H2,1-3H3,(H,28,29,30)/t20-/m0/s1.